The number of rotatable bonds is 1. The van der Waals surface area contributed by atoms with Crippen LogP contribution in [0.15, 0.2) is 0 Å². The third-order valence-electron chi connectivity index (χ3n) is 3.41. The van der Waals surface area contributed by atoms with Crippen molar-refractivity contribution < 1.29 is 0 Å². The van der Waals surface area contributed by atoms with Crippen LogP contribution in [0.25, 0.3) is 0 Å². The summed E-state index contributed by atoms with van der Waals surface area (Å²) < 4.78 is 0.582. The van der Waals surface area contributed by atoms with E-state index in [1.165, 1.54) is 50.0 Å². The molecule has 2 fully saturated rings. The molecule has 0 aromatic rings. The normalized spacial score (nSPS) is 30.2. The van der Waals surface area contributed by atoms with Crippen molar-refractivity contribution in [1.82, 2.24) is 0 Å². The van der Waals surface area contributed by atoms with Crippen LogP contribution in [0.1, 0.15) is 45.4 Å². The molecular weight excluding hydrogens is 196 g/mol. The van der Waals surface area contributed by atoms with Gasteiger partial charge in [-0.15, -0.1) is 23.5 Å². The van der Waals surface area contributed by atoms with Crippen LogP contribution in [-0.4, -0.2) is 15.6 Å². The number of thioether (sulfide) groups is 2. The largest absolute Gasteiger partial charge is 0.144 e. The van der Waals surface area contributed by atoms with E-state index in [2.05, 4.69) is 30.4 Å². The number of hydrogen-bond donors (Lipinski definition) is 0. The van der Waals surface area contributed by atoms with Gasteiger partial charge in [-0.2, -0.15) is 0 Å². The summed E-state index contributed by atoms with van der Waals surface area (Å²) in [6.07, 6.45) is 8.88. The minimum absolute atomic E-state index is 0.582. The second-order valence-corrected chi connectivity index (χ2v) is 7.75. The Morgan fingerprint density at radius 2 is 1.54 bits per heavy atom. The molecule has 0 atom stereocenters. The van der Waals surface area contributed by atoms with Gasteiger partial charge in [-0.05, 0) is 43.6 Å². The Bertz CT molecular complexity index is 155. The van der Waals surface area contributed by atoms with Crippen molar-refractivity contribution in [2.45, 2.75) is 49.5 Å². The molecule has 1 aliphatic heterocycles. The van der Waals surface area contributed by atoms with Gasteiger partial charge in [-0.3, -0.25) is 0 Å². The maximum Gasteiger partial charge on any atom is 0.0611 e. The molecule has 0 bridgehead atoms. The summed E-state index contributed by atoms with van der Waals surface area (Å²) in [7, 11) is 0. The molecule has 1 saturated carbocycles. The average molecular weight is 216 g/mol. The van der Waals surface area contributed by atoms with Gasteiger partial charge in [0.05, 0.1) is 4.08 Å². The zero-order valence-electron chi connectivity index (χ0n) is 8.55. The van der Waals surface area contributed by atoms with Crippen molar-refractivity contribution in [3.63, 3.8) is 0 Å². The summed E-state index contributed by atoms with van der Waals surface area (Å²) in [5.41, 5.74) is 0. The van der Waals surface area contributed by atoms with Gasteiger partial charge in [0, 0.05) is 0 Å². The van der Waals surface area contributed by atoms with Gasteiger partial charge in [0.25, 0.3) is 0 Å². The maximum absolute atomic E-state index is 2.50. The highest BCUT2D eigenvalue weighted by Gasteiger charge is 2.37. The van der Waals surface area contributed by atoms with Crippen LogP contribution in [0, 0.1) is 5.92 Å². The smallest absolute Gasteiger partial charge is 0.0611 e. The minimum Gasteiger partial charge on any atom is -0.144 e. The van der Waals surface area contributed by atoms with Gasteiger partial charge < -0.3 is 0 Å². The van der Waals surface area contributed by atoms with Crippen LogP contribution in [0.2, 0.25) is 0 Å². The van der Waals surface area contributed by atoms with Crippen LogP contribution < -0.4 is 0 Å². The molecule has 1 saturated heterocycles. The molecule has 0 N–H and O–H groups in total. The zero-order valence-corrected chi connectivity index (χ0v) is 10.2. The van der Waals surface area contributed by atoms with Gasteiger partial charge in [-0.25, -0.2) is 0 Å². The van der Waals surface area contributed by atoms with Gasteiger partial charge in [0.15, 0.2) is 0 Å². The molecular formula is C11H20S2. The predicted molar refractivity (Wildman–Crippen MR) is 64.5 cm³/mol. The van der Waals surface area contributed by atoms with E-state index in [1.807, 2.05) is 0 Å². The predicted octanol–water partition coefficient (Wildman–Crippen LogP) is 4.15. The third kappa shape index (κ3) is 2.38. The van der Waals surface area contributed by atoms with E-state index in [0.29, 0.717) is 4.08 Å². The third-order valence-corrected chi connectivity index (χ3v) is 6.92. The lowest BCUT2D eigenvalue weighted by Gasteiger charge is -2.41. The van der Waals surface area contributed by atoms with E-state index >= 15 is 0 Å². The van der Waals surface area contributed by atoms with E-state index in [-0.39, 0.29) is 0 Å². The Labute approximate surface area is 90.6 Å². The van der Waals surface area contributed by atoms with Crippen molar-refractivity contribution in [3.05, 3.63) is 0 Å². The van der Waals surface area contributed by atoms with Crippen molar-refractivity contribution in [3.8, 4) is 0 Å². The fourth-order valence-electron chi connectivity index (χ4n) is 2.51. The first-order chi connectivity index (χ1) is 6.31. The average Bonchev–Trinajstić information content (AvgIpc) is 2.20. The molecule has 0 nitrogen and oxygen atoms in total. The van der Waals surface area contributed by atoms with Crippen LogP contribution >= 0.6 is 23.5 Å². The van der Waals surface area contributed by atoms with Crippen LogP contribution in [0.3, 0.4) is 0 Å². The molecule has 76 valence electrons. The molecule has 0 amide bonds. The summed E-state index contributed by atoms with van der Waals surface area (Å²) in [5, 5.41) is 0. The van der Waals surface area contributed by atoms with E-state index in [0.717, 1.165) is 5.92 Å². The molecule has 2 heteroatoms. The summed E-state index contributed by atoms with van der Waals surface area (Å²) in [6.45, 7) is 2.50. The van der Waals surface area contributed by atoms with E-state index < -0.39 is 0 Å². The molecule has 2 aliphatic rings. The van der Waals surface area contributed by atoms with Crippen molar-refractivity contribution >= 4 is 23.5 Å². The van der Waals surface area contributed by atoms with E-state index in [1.54, 1.807) is 0 Å². The maximum atomic E-state index is 2.50. The summed E-state index contributed by atoms with van der Waals surface area (Å²) in [5.74, 6) is 3.82. The molecule has 0 aromatic carbocycles. The Balaban J connectivity index is 1.94. The quantitative estimate of drug-likeness (QED) is 0.646. The highest BCUT2D eigenvalue weighted by Crippen LogP contribution is 2.51. The highest BCUT2D eigenvalue weighted by atomic mass is 32.2. The van der Waals surface area contributed by atoms with Crippen molar-refractivity contribution in [2.24, 2.45) is 5.92 Å². The lowest BCUT2D eigenvalue weighted by Crippen LogP contribution is -2.32. The van der Waals surface area contributed by atoms with Crippen LogP contribution in [0.5, 0.6) is 0 Å². The first-order valence-electron chi connectivity index (χ1n) is 5.59. The molecule has 0 spiro atoms. The van der Waals surface area contributed by atoms with Crippen molar-refractivity contribution in [1.29, 1.82) is 0 Å². The Kier molecular flexibility index (Phi) is 3.52. The second-order valence-electron chi connectivity index (χ2n) is 4.40. The highest BCUT2D eigenvalue weighted by molar-refractivity contribution is 8.18. The lowest BCUT2D eigenvalue weighted by atomic mass is 9.87. The van der Waals surface area contributed by atoms with Crippen molar-refractivity contribution in [2.75, 3.05) is 11.5 Å². The van der Waals surface area contributed by atoms with E-state index in [4.69, 9.17) is 0 Å². The number of hydrogen-bond acceptors (Lipinski definition) is 2. The monoisotopic (exact) mass is 216 g/mol. The lowest BCUT2D eigenvalue weighted by molar-refractivity contribution is 0.342. The summed E-state index contributed by atoms with van der Waals surface area (Å²) >= 11 is 4.47. The molecule has 0 unspecified atom stereocenters. The first-order valence-corrected chi connectivity index (χ1v) is 7.56. The Hall–Kier alpha value is 0.700. The fourth-order valence-corrected chi connectivity index (χ4v) is 5.86. The zero-order chi connectivity index (χ0) is 9.15. The first kappa shape index (κ1) is 10.2. The fraction of sp³-hybridized carbons (Fsp3) is 1.00. The summed E-state index contributed by atoms with van der Waals surface area (Å²) in [4.78, 5) is 0. The van der Waals surface area contributed by atoms with Gasteiger partial charge in [0.1, 0.15) is 0 Å². The molecule has 1 aliphatic carbocycles. The van der Waals surface area contributed by atoms with Gasteiger partial charge in [0.2, 0.25) is 0 Å². The van der Waals surface area contributed by atoms with E-state index in [9.17, 15) is 0 Å². The Morgan fingerprint density at radius 3 is 2.15 bits per heavy atom. The molecule has 0 aromatic heterocycles. The molecule has 2 rings (SSSR count). The molecule has 0 radical (unpaired) electrons. The molecule has 13 heavy (non-hydrogen) atoms. The standard InChI is InChI=1S/C11H20S2/c1-11(12-8-5-9-13-11)10-6-3-2-4-7-10/h10H,2-9H2,1H3. The van der Waals surface area contributed by atoms with Gasteiger partial charge >= 0.3 is 0 Å². The second kappa shape index (κ2) is 4.48. The van der Waals surface area contributed by atoms with Crippen LogP contribution in [0.4, 0.5) is 0 Å². The van der Waals surface area contributed by atoms with Gasteiger partial charge in [-0.1, -0.05) is 19.3 Å². The summed E-state index contributed by atoms with van der Waals surface area (Å²) in [6, 6.07) is 0. The Morgan fingerprint density at radius 1 is 0.923 bits per heavy atom. The minimum atomic E-state index is 0.582. The molecule has 1 heterocycles. The van der Waals surface area contributed by atoms with Crippen LogP contribution in [-0.2, 0) is 0 Å². The topological polar surface area (TPSA) is 0 Å². The SMILES string of the molecule is CC1(C2CCCCC2)SCCCS1.